The molecule has 1 fully saturated rings. The third-order valence-electron chi connectivity index (χ3n) is 3.30. The molecule has 0 aromatic heterocycles. The van der Waals surface area contributed by atoms with E-state index in [0.29, 0.717) is 12.1 Å². The lowest BCUT2D eigenvalue weighted by Gasteiger charge is -2.33. The largest absolute Gasteiger partial charge is 0.313 e. The zero-order chi connectivity index (χ0) is 11.1. The van der Waals surface area contributed by atoms with E-state index in [4.69, 9.17) is 0 Å². The van der Waals surface area contributed by atoms with E-state index in [-0.39, 0.29) is 0 Å². The Kier molecular flexibility index (Phi) is 5.96. The highest BCUT2D eigenvalue weighted by atomic mass is 15.2. The summed E-state index contributed by atoms with van der Waals surface area (Å²) < 4.78 is 0. The van der Waals surface area contributed by atoms with Gasteiger partial charge in [0, 0.05) is 18.6 Å². The topological polar surface area (TPSA) is 15.3 Å². The maximum Gasteiger partial charge on any atom is 0.0247 e. The van der Waals surface area contributed by atoms with Crippen LogP contribution in [0, 0.1) is 0 Å². The molecule has 1 N–H and O–H groups in total. The number of nitrogens with zero attached hydrogens (tertiary/aromatic N) is 1. The number of hydrogen-bond donors (Lipinski definition) is 1. The van der Waals surface area contributed by atoms with Gasteiger partial charge in [-0.3, -0.25) is 4.90 Å². The number of piperidine rings is 1. The molecule has 1 heterocycles. The summed E-state index contributed by atoms with van der Waals surface area (Å²) in [5.41, 5.74) is 0. The van der Waals surface area contributed by atoms with Crippen molar-refractivity contribution < 1.29 is 0 Å². The quantitative estimate of drug-likeness (QED) is 0.677. The Labute approximate surface area is 94.7 Å². The van der Waals surface area contributed by atoms with Crippen LogP contribution in [0.3, 0.4) is 0 Å². The minimum absolute atomic E-state index is 0.508. The van der Waals surface area contributed by atoms with E-state index in [0.717, 1.165) is 0 Å². The van der Waals surface area contributed by atoms with E-state index < -0.39 is 0 Å². The average Bonchev–Trinajstić information content (AvgIpc) is 2.29. The van der Waals surface area contributed by atoms with E-state index >= 15 is 0 Å². The maximum atomic E-state index is 3.89. The van der Waals surface area contributed by atoms with E-state index in [1.165, 1.54) is 45.3 Å². The standard InChI is InChI=1S/C13H26N2/c1-4-10-15(12(3)5-2)11-13-8-6-7-9-14-13/h5,12-14H,2,4,6-11H2,1,3H3. The minimum atomic E-state index is 0.508. The van der Waals surface area contributed by atoms with Crippen molar-refractivity contribution in [2.45, 2.75) is 51.6 Å². The molecule has 1 rings (SSSR count). The molecule has 0 spiro atoms. The fourth-order valence-corrected chi connectivity index (χ4v) is 2.26. The monoisotopic (exact) mass is 210 g/mol. The molecule has 0 aromatic carbocycles. The molecule has 2 unspecified atom stereocenters. The molecular formula is C13H26N2. The highest BCUT2D eigenvalue weighted by molar-refractivity contribution is 4.87. The first-order chi connectivity index (χ1) is 7.27. The number of nitrogens with one attached hydrogen (secondary N) is 1. The third-order valence-corrected chi connectivity index (χ3v) is 3.30. The van der Waals surface area contributed by atoms with Crippen molar-refractivity contribution in [1.82, 2.24) is 10.2 Å². The summed E-state index contributed by atoms with van der Waals surface area (Å²) in [6, 6.07) is 1.21. The molecule has 0 radical (unpaired) electrons. The summed E-state index contributed by atoms with van der Waals surface area (Å²) in [5.74, 6) is 0. The predicted molar refractivity (Wildman–Crippen MR) is 67.2 cm³/mol. The first-order valence-electron chi connectivity index (χ1n) is 6.38. The van der Waals surface area contributed by atoms with Crippen LogP contribution >= 0.6 is 0 Å². The Hall–Kier alpha value is -0.340. The molecule has 15 heavy (non-hydrogen) atoms. The first kappa shape index (κ1) is 12.7. The minimum Gasteiger partial charge on any atom is -0.313 e. The first-order valence-corrected chi connectivity index (χ1v) is 6.38. The van der Waals surface area contributed by atoms with Gasteiger partial charge in [-0.15, -0.1) is 6.58 Å². The van der Waals surface area contributed by atoms with Crippen LogP contribution in [0.1, 0.15) is 39.5 Å². The Bertz CT molecular complexity index is 173. The molecule has 88 valence electrons. The molecule has 1 aliphatic rings. The van der Waals surface area contributed by atoms with Crippen LogP contribution in [0.25, 0.3) is 0 Å². The van der Waals surface area contributed by atoms with Crippen molar-refractivity contribution in [3.63, 3.8) is 0 Å². The van der Waals surface area contributed by atoms with E-state index in [2.05, 4.69) is 36.7 Å². The van der Waals surface area contributed by atoms with Gasteiger partial charge in [0.2, 0.25) is 0 Å². The summed E-state index contributed by atoms with van der Waals surface area (Å²) in [7, 11) is 0. The molecule has 0 amide bonds. The van der Waals surface area contributed by atoms with Crippen molar-refractivity contribution in [3.8, 4) is 0 Å². The lowest BCUT2D eigenvalue weighted by atomic mass is 10.0. The zero-order valence-electron chi connectivity index (χ0n) is 10.3. The molecule has 2 nitrogen and oxygen atoms in total. The van der Waals surface area contributed by atoms with Crippen molar-refractivity contribution >= 4 is 0 Å². The highest BCUT2D eigenvalue weighted by Crippen LogP contribution is 2.11. The van der Waals surface area contributed by atoms with Gasteiger partial charge in [-0.05, 0) is 39.3 Å². The van der Waals surface area contributed by atoms with Gasteiger partial charge in [0.1, 0.15) is 0 Å². The van der Waals surface area contributed by atoms with E-state index in [1.54, 1.807) is 0 Å². The molecule has 1 saturated heterocycles. The third kappa shape index (κ3) is 4.35. The number of rotatable bonds is 6. The van der Waals surface area contributed by atoms with E-state index in [1.807, 2.05) is 0 Å². The van der Waals surface area contributed by atoms with Gasteiger partial charge >= 0.3 is 0 Å². The second-order valence-corrected chi connectivity index (χ2v) is 4.62. The SMILES string of the molecule is C=CC(C)N(CCC)CC1CCCCN1. The zero-order valence-corrected chi connectivity index (χ0v) is 10.3. The Morgan fingerprint density at radius 1 is 1.53 bits per heavy atom. The van der Waals surface area contributed by atoms with Crippen LogP contribution in [-0.2, 0) is 0 Å². The normalized spacial score (nSPS) is 24.1. The van der Waals surface area contributed by atoms with Crippen LogP contribution in [0.2, 0.25) is 0 Å². The van der Waals surface area contributed by atoms with Crippen LogP contribution in [0.5, 0.6) is 0 Å². The van der Waals surface area contributed by atoms with Gasteiger partial charge < -0.3 is 5.32 Å². The molecule has 1 aliphatic heterocycles. The van der Waals surface area contributed by atoms with Crippen LogP contribution < -0.4 is 5.32 Å². The van der Waals surface area contributed by atoms with Gasteiger partial charge in [0.25, 0.3) is 0 Å². The summed E-state index contributed by atoms with van der Waals surface area (Å²) in [6.45, 7) is 12.0. The molecule has 0 aliphatic carbocycles. The van der Waals surface area contributed by atoms with Crippen LogP contribution in [-0.4, -0.2) is 36.6 Å². The summed E-state index contributed by atoms with van der Waals surface area (Å²) >= 11 is 0. The van der Waals surface area contributed by atoms with Crippen LogP contribution in [0.15, 0.2) is 12.7 Å². The molecule has 0 aromatic rings. The lowest BCUT2D eigenvalue weighted by Crippen LogP contribution is -2.46. The Balaban J connectivity index is 2.37. The second kappa shape index (κ2) is 7.02. The Morgan fingerprint density at radius 3 is 2.87 bits per heavy atom. The lowest BCUT2D eigenvalue weighted by molar-refractivity contribution is 0.200. The van der Waals surface area contributed by atoms with E-state index in [9.17, 15) is 0 Å². The fourth-order valence-electron chi connectivity index (χ4n) is 2.26. The van der Waals surface area contributed by atoms with Gasteiger partial charge in [-0.2, -0.15) is 0 Å². The van der Waals surface area contributed by atoms with Gasteiger partial charge in [-0.25, -0.2) is 0 Å². The number of hydrogen-bond acceptors (Lipinski definition) is 2. The second-order valence-electron chi connectivity index (χ2n) is 4.62. The fraction of sp³-hybridized carbons (Fsp3) is 0.846. The van der Waals surface area contributed by atoms with Crippen molar-refractivity contribution in [2.75, 3.05) is 19.6 Å². The summed E-state index contributed by atoms with van der Waals surface area (Å²) in [5, 5.41) is 3.61. The van der Waals surface area contributed by atoms with Gasteiger partial charge in [0.15, 0.2) is 0 Å². The molecular weight excluding hydrogens is 184 g/mol. The smallest absolute Gasteiger partial charge is 0.0247 e. The van der Waals surface area contributed by atoms with Crippen molar-refractivity contribution in [2.24, 2.45) is 0 Å². The van der Waals surface area contributed by atoms with Gasteiger partial charge in [-0.1, -0.05) is 19.4 Å². The average molecular weight is 210 g/mol. The van der Waals surface area contributed by atoms with Gasteiger partial charge in [0.05, 0.1) is 0 Å². The summed E-state index contributed by atoms with van der Waals surface area (Å²) in [6.07, 6.45) is 7.36. The van der Waals surface area contributed by atoms with Crippen molar-refractivity contribution in [1.29, 1.82) is 0 Å². The molecule has 2 heteroatoms. The summed E-state index contributed by atoms with van der Waals surface area (Å²) in [4.78, 5) is 2.54. The maximum absolute atomic E-state index is 3.89. The highest BCUT2D eigenvalue weighted by Gasteiger charge is 2.18. The predicted octanol–water partition coefficient (Wildman–Crippen LogP) is 2.42. The molecule has 0 bridgehead atoms. The Morgan fingerprint density at radius 2 is 2.33 bits per heavy atom. The molecule has 2 atom stereocenters. The van der Waals surface area contributed by atoms with Crippen molar-refractivity contribution in [3.05, 3.63) is 12.7 Å². The molecule has 0 saturated carbocycles. The van der Waals surface area contributed by atoms with Crippen LogP contribution in [0.4, 0.5) is 0 Å².